The van der Waals surface area contributed by atoms with Crippen LogP contribution in [0.3, 0.4) is 0 Å². The first-order valence-electron chi connectivity index (χ1n) is 8.12. The number of benzene rings is 2. The quantitative estimate of drug-likeness (QED) is 0.641. The van der Waals surface area contributed by atoms with Crippen LogP contribution in [-0.2, 0) is 6.54 Å². The van der Waals surface area contributed by atoms with Crippen LogP contribution in [0.2, 0.25) is 0 Å². The zero-order valence-electron chi connectivity index (χ0n) is 14.6. The molecular formula is C19H15N3O5. The summed E-state index contributed by atoms with van der Waals surface area (Å²) in [5.41, 5.74) is 1.38. The maximum Gasteiger partial charge on any atom is 0.262 e. The van der Waals surface area contributed by atoms with Crippen LogP contribution in [0.5, 0.6) is 11.5 Å². The number of hydrogen-bond donors (Lipinski definition) is 0. The average Bonchev–Trinajstić information content (AvgIpc) is 3.27. The highest BCUT2D eigenvalue weighted by Gasteiger charge is 2.36. The number of imide groups is 1. The molecule has 2 heterocycles. The van der Waals surface area contributed by atoms with Crippen molar-refractivity contribution in [1.29, 1.82) is 0 Å². The van der Waals surface area contributed by atoms with Crippen LogP contribution in [0.1, 0.15) is 26.6 Å². The van der Waals surface area contributed by atoms with E-state index in [4.69, 9.17) is 14.0 Å². The molecule has 0 aliphatic carbocycles. The third-order valence-electron chi connectivity index (χ3n) is 4.25. The normalized spacial score (nSPS) is 13.0. The Hall–Kier alpha value is -3.68. The van der Waals surface area contributed by atoms with Crippen molar-refractivity contribution in [3.8, 4) is 22.9 Å². The minimum absolute atomic E-state index is 0.0968. The van der Waals surface area contributed by atoms with Crippen molar-refractivity contribution >= 4 is 11.8 Å². The third kappa shape index (κ3) is 2.91. The van der Waals surface area contributed by atoms with Gasteiger partial charge < -0.3 is 14.0 Å². The summed E-state index contributed by atoms with van der Waals surface area (Å²) in [6.45, 7) is -0.0968. The first-order chi connectivity index (χ1) is 13.1. The van der Waals surface area contributed by atoms with E-state index in [1.54, 1.807) is 56.7 Å². The Morgan fingerprint density at radius 3 is 2.11 bits per heavy atom. The minimum atomic E-state index is -0.376. The Morgan fingerprint density at radius 1 is 0.963 bits per heavy atom. The number of amides is 2. The van der Waals surface area contributed by atoms with Crippen molar-refractivity contribution in [1.82, 2.24) is 15.0 Å². The summed E-state index contributed by atoms with van der Waals surface area (Å²) >= 11 is 0. The summed E-state index contributed by atoms with van der Waals surface area (Å²) < 4.78 is 15.7. The van der Waals surface area contributed by atoms with Crippen LogP contribution in [-0.4, -0.2) is 41.1 Å². The van der Waals surface area contributed by atoms with E-state index >= 15 is 0 Å². The summed E-state index contributed by atoms with van der Waals surface area (Å²) in [7, 11) is 3.09. The topological polar surface area (TPSA) is 94.8 Å². The molecule has 4 rings (SSSR count). The third-order valence-corrected chi connectivity index (χ3v) is 4.25. The summed E-state index contributed by atoms with van der Waals surface area (Å²) in [5.74, 6) is 0.865. The molecule has 0 spiro atoms. The van der Waals surface area contributed by atoms with Crippen molar-refractivity contribution in [3.05, 3.63) is 59.5 Å². The van der Waals surface area contributed by atoms with Crippen LogP contribution in [0, 0.1) is 0 Å². The second-order valence-corrected chi connectivity index (χ2v) is 5.86. The maximum absolute atomic E-state index is 12.4. The van der Waals surface area contributed by atoms with Gasteiger partial charge in [-0.2, -0.15) is 4.98 Å². The second-order valence-electron chi connectivity index (χ2n) is 5.86. The molecule has 0 N–H and O–H groups in total. The van der Waals surface area contributed by atoms with Gasteiger partial charge in [-0.25, -0.2) is 0 Å². The molecule has 1 aliphatic rings. The molecule has 1 aromatic heterocycles. The molecule has 2 aromatic carbocycles. The van der Waals surface area contributed by atoms with E-state index in [-0.39, 0.29) is 24.2 Å². The highest BCUT2D eigenvalue weighted by atomic mass is 16.5. The number of methoxy groups -OCH3 is 2. The van der Waals surface area contributed by atoms with Gasteiger partial charge in [-0.3, -0.25) is 14.5 Å². The Kier molecular flexibility index (Phi) is 4.08. The Bertz CT molecular complexity index is 986. The van der Waals surface area contributed by atoms with Gasteiger partial charge in [0.25, 0.3) is 11.8 Å². The maximum atomic E-state index is 12.4. The number of nitrogens with zero attached hydrogens (tertiary/aromatic N) is 3. The predicted molar refractivity (Wildman–Crippen MR) is 93.5 cm³/mol. The molecule has 136 valence electrons. The standard InChI is InChI=1S/C19H15N3O5/c1-25-12-7-11(8-13(9-12)26-2)17-20-16(27-21-17)10-22-18(23)14-5-3-4-6-15(14)19(22)24/h3-9H,10H2,1-2H3. The molecule has 27 heavy (non-hydrogen) atoms. The molecule has 3 aromatic rings. The van der Waals surface area contributed by atoms with Crippen molar-refractivity contribution in [3.63, 3.8) is 0 Å². The van der Waals surface area contributed by atoms with E-state index in [1.165, 1.54) is 0 Å². The molecule has 0 atom stereocenters. The second kappa shape index (κ2) is 6.56. The summed E-state index contributed by atoms with van der Waals surface area (Å²) in [6.07, 6.45) is 0. The molecule has 0 unspecified atom stereocenters. The number of carbonyl (C=O) groups is 2. The molecule has 8 heteroatoms. The van der Waals surface area contributed by atoms with Gasteiger partial charge in [0.15, 0.2) is 0 Å². The molecule has 0 saturated carbocycles. The van der Waals surface area contributed by atoms with Gasteiger partial charge in [0.05, 0.1) is 25.3 Å². The zero-order chi connectivity index (χ0) is 19.0. The Morgan fingerprint density at radius 2 is 1.56 bits per heavy atom. The minimum Gasteiger partial charge on any atom is -0.497 e. The SMILES string of the molecule is COc1cc(OC)cc(-c2noc(CN3C(=O)c4ccccc4C3=O)n2)c1. The Labute approximate surface area is 154 Å². The molecule has 0 bridgehead atoms. The average molecular weight is 365 g/mol. The lowest BCUT2D eigenvalue weighted by molar-refractivity contribution is 0.0625. The molecule has 0 radical (unpaired) electrons. The molecular weight excluding hydrogens is 350 g/mol. The van der Waals surface area contributed by atoms with E-state index in [1.807, 2.05) is 0 Å². The summed E-state index contributed by atoms with van der Waals surface area (Å²) in [6, 6.07) is 11.9. The lowest BCUT2D eigenvalue weighted by Crippen LogP contribution is -2.29. The monoisotopic (exact) mass is 365 g/mol. The van der Waals surface area contributed by atoms with Crippen LogP contribution in [0.4, 0.5) is 0 Å². The van der Waals surface area contributed by atoms with E-state index in [2.05, 4.69) is 10.1 Å². The highest BCUT2D eigenvalue weighted by Crippen LogP contribution is 2.29. The van der Waals surface area contributed by atoms with Crippen molar-refractivity contribution < 1.29 is 23.6 Å². The van der Waals surface area contributed by atoms with Gasteiger partial charge in [-0.1, -0.05) is 17.3 Å². The largest absolute Gasteiger partial charge is 0.497 e. The fraction of sp³-hybridized carbons (Fsp3) is 0.158. The number of fused-ring (bicyclic) bond motifs is 1. The molecule has 1 aliphatic heterocycles. The first-order valence-corrected chi connectivity index (χ1v) is 8.12. The van der Waals surface area contributed by atoms with E-state index in [9.17, 15) is 9.59 Å². The number of ether oxygens (including phenoxy) is 2. The van der Waals surface area contributed by atoms with Crippen LogP contribution in [0.25, 0.3) is 11.4 Å². The lowest BCUT2D eigenvalue weighted by atomic mass is 10.1. The Balaban J connectivity index is 1.60. The number of rotatable bonds is 5. The number of carbonyl (C=O) groups excluding carboxylic acids is 2. The molecule has 2 amide bonds. The van der Waals surface area contributed by atoms with Crippen LogP contribution in [0.15, 0.2) is 47.0 Å². The fourth-order valence-electron chi connectivity index (χ4n) is 2.89. The van der Waals surface area contributed by atoms with Gasteiger partial charge in [0.2, 0.25) is 11.7 Å². The molecule has 0 fully saturated rings. The fourth-order valence-corrected chi connectivity index (χ4v) is 2.89. The van der Waals surface area contributed by atoms with Crippen molar-refractivity contribution in [2.75, 3.05) is 14.2 Å². The zero-order valence-corrected chi connectivity index (χ0v) is 14.6. The van der Waals surface area contributed by atoms with Gasteiger partial charge in [-0.15, -0.1) is 0 Å². The summed E-state index contributed by atoms with van der Waals surface area (Å²) in [5, 5.41) is 3.93. The molecule has 0 saturated heterocycles. The van der Waals surface area contributed by atoms with E-state index in [0.29, 0.717) is 34.0 Å². The van der Waals surface area contributed by atoms with Crippen molar-refractivity contribution in [2.24, 2.45) is 0 Å². The smallest absolute Gasteiger partial charge is 0.262 e. The van der Waals surface area contributed by atoms with E-state index in [0.717, 1.165) is 4.90 Å². The van der Waals surface area contributed by atoms with Gasteiger partial charge in [-0.05, 0) is 24.3 Å². The number of aromatic nitrogens is 2. The van der Waals surface area contributed by atoms with E-state index < -0.39 is 0 Å². The van der Waals surface area contributed by atoms with Gasteiger partial charge >= 0.3 is 0 Å². The summed E-state index contributed by atoms with van der Waals surface area (Å²) in [4.78, 5) is 30.3. The van der Waals surface area contributed by atoms with Gasteiger partial charge in [0, 0.05) is 11.6 Å². The number of hydrogen-bond acceptors (Lipinski definition) is 7. The molecule has 8 nitrogen and oxygen atoms in total. The van der Waals surface area contributed by atoms with Crippen molar-refractivity contribution in [2.45, 2.75) is 6.54 Å². The van der Waals surface area contributed by atoms with Gasteiger partial charge in [0.1, 0.15) is 18.0 Å². The van der Waals surface area contributed by atoms with Crippen LogP contribution < -0.4 is 9.47 Å². The highest BCUT2D eigenvalue weighted by molar-refractivity contribution is 6.21. The predicted octanol–water partition coefficient (Wildman–Crippen LogP) is 2.55. The van der Waals surface area contributed by atoms with Crippen LogP contribution >= 0.6 is 0 Å². The first kappa shape index (κ1) is 16.8. The lowest BCUT2D eigenvalue weighted by Gasteiger charge is -2.10.